The number of fused-ring (bicyclic) bond motifs is 1. The molecule has 0 fully saturated rings. The maximum Gasteiger partial charge on any atom is 0.0429 e. The van der Waals surface area contributed by atoms with Crippen LogP contribution >= 0.6 is 0 Å². The van der Waals surface area contributed by atoms with E-state index in [9.17, 15) is 0 Å². The minimum absolute atomic E-state index is 0.964. The van der Waals surface area contributed by atoms with Gasteiger partial charge in [0.1, 0.15) is 0 Å². The largest absolute Gasteiger partial charge is 0.398 e. The van der Waals surface area contributed by atoms with Crippen molar-refractivity contribution >= 4 is 11.4 Å². The lowest BCUT2D eigenvalue weighted by molar-refractivity contribution is 0.688. The highest BCUT2D eigenvalue weighted by Gasteiger charge is 2.20. The zero-order chi connectivity index (χ0) is 15.0. The number of hydrogen-bond acceptors (Lipinski definition) is 2. The smallest absolute Gasteiger partial charge is 0.0429 e. The number of anilines is 2. The van der Waals surface area contributed by atoms with Crippen LogP contribution in [0.5, 0.6) is 0 Å². The monoisotopic (exact) mass is 280 g/mol. The second-order valence-electron chi connectivity index (χ2n) is 6.24. The highest BCUT2D eigenvalue weighted by Crippen LogP contribution is 2.35. The summed E-state index contributed by atoms with van der Waals surface area (Å²) in [6, 6.07) is 11.1. The first-order chi connectivity index (χ1) is 10.1. The highest BCUT2D eigenvalue weighted by atomic mass is 15.1. The lowest BCUT2D eigenvalue weighted by Gasteiger charge is -2.33. The molecule has 0 radical (unpaired) electrons. The molecule has 0 atom stereocenters. The van der Waals surface area contributed by atoms with E-state index in [1.54, 1.807) is 0 Å². The molecule has 21 heavy (non-hydrogen) atoms. The van der Waals surface area contributed by atoms with Crippen LogP contribution in [-0.4, -0.2) is 6.54 Å². The average Bonchev–Trinajstić information content (AvgIpc) is 2.48. The molecule has 2 heteroatoms. The van der Waals surface area contributed by atoms with Gasteiger partial charge < -0.3 is 10.6 Å². The Balaban J connectivity index is 1.95. The van der Waals surface area contributed by atoms with Crippen molar-refractivity contribution in [3.8, 4) is 0 Å². The Hall–Kier alpha value is -1.96. The minimum Gasteiger partial charge on any atom is -0.398 e. The summed E-state index contributed by atoms with van der Waals surface area (Å²) in [5, 5.41) is 0. The van der Waals surface area contributed by atoms with Crippen molar-refractivity contribution in [2.75, 3.05) is 17.2 Å². The highest BCUT2D eigenvalue weighted by molar-refractivity contribution is 5.69. The van der Waals surface area contributed by atoms with Gasteiger partial charge in [0.05, 0.1) is 0 Å². The standard InChI is InChI=1S/C19H24N2/c1-13-6-8-16(9-7-13)12-21-10-4-5-17-15(3)19(20)14(2)11-18(17)21/h6-9,11H,4-5,10,12,20H2,1-3H3. The van der Waals surface area contributed by atoms with Crippen LogP contribution in [0.1, 0.15) is 34.2 Å². The molecule has 0 aliphatic carbocycles. The molecule has 1 aliphatic rings. The zero-order valence-electron chi connectivity index (χ0n) is 13.2. The quantitative estimate of drug-likeness (QED) is 0.837. The van der Waals surface area contributed by atoms with Gasteiger partial charge in [-0.05, 0) is 61.9 Å². The molecule has 0 spiro atoms. The second kappa shape index (κ2) is 5.44. The average molecular weight is 280 g/mol. The van der Waals surface area contributed by atoms with Crippen molar-refractivity contribution in [2.24, 2.45) is 0 Å². The lowest BCUT2D eigenvalue weighted by atomic mass is 9.93. The van der Waals surface area contributed by atoms with Crippen molar-refractivity contribution in [2.45, 2.75) is 40.2 Å². The summed E-state index contributed by atoms with van der Waals surface area (Å²) in [4.78, 5) is 2.50. The van der Waals surface area contributed by atoms with Gasteiger partial charge >= 0.3 is 0 Å². The molecule has 110 valence electrons. The van der Waals surface area contributed by atoms with Gasteiger partial charge in [0.2, 0.25) is 0 Å². The van der Waals surface area contributed by atoms with E-state index >= 15 is 0 Å². The molecule has 0 saturated heterocycles. The van der Waals surface area contributed by atoms with E-state index in [2.05, 4.69) is 56.0 Å². The van der Waals surface area contributed by atoms with Gasteiger partial charge in [-0.2, -0.15) is 0 Å². The molecular formula is C19H24N2. The first-order valence-corrected chi connectivity index (χ1v) is 7.75. The first kappa shape index (κ1) is 14.0. The molecule has 0 aromatic heterocycles. The summed E-state index contributed by atoms with van der Waals surface area (Å²) in [6.07, 6.45) is 2.36. The van der Waals surface area contributed by atoms with Crippen molar-refractivity contribution < 1.29 is 0 Å². The Morgan fingerprint density at radius 3 is 2.52 bits per heavy atom. The van der Waals surface area contributed by atoms with Gasteiger partial charge in [0, 0.05) is 24.5 Å². The van der Waals surface area contributed by atoms with E-state index in [1.807, 2.05) is 0 Å². The summed E-state index contributed by atoms with van der Waals surface area (Å²) in [5.74, 6) is 0. The third-order valence-electron chi connectivity index (χ3n) is 4.63. The van der Waals surface area contributed by atoms with Crippen molar-refractivity contribution in [1.82, 2.24) is 0 Å². The van der Waals surface area contributed by atoms with Crippen molar-refractivity contribution in [3.05, 3.63) is 58.1 Å². The maximum absolute atomic E-state index is 6.20. The number of nitrogens with two attached hydrogens (primary N) is 1. The van der Waals surface area contributed by atoms with E-state index in [-0.39, 0.29) is 0 Å². The molecule has 2 N–H and O–H groups in total. The third kappa shape index (κ3) is 2.63. The van der Waals surface area contributed by atoms with E-state index in [4.69, 9.17) is 5.73 Å². The normalized spacial score (nSPS) is 14.1. The maximum atomic E-state index is 6.20. The molecule has 0 amide bonds. The van der Waals surface area contributed by atoms with Crippen molar-refractivity contribution in [3.63, 3.8) is 0 Å². The molecule has 2 nitrogen and oxygen atoms in total. The topological polar surface area (TPSA) is 29.3 Å². The van der Waals surface area contributed by atoms with Gasteiger partial charge in [-0.25, -0.2) is 0 Å². The molecule has 2 aromatic rings. The SMILES string of the molecule is Cc1ccc(CN2CCCc3c2cc(C)c(N)c3C)cc1. The molecular weight excluding hydrogens is 256 g/mol. The molecule has 3 rings (SSSR count). The van der Waals surface area contributed by atoms with Crippen molar-refractivity contribution in [1.29, 1.82) is 0 Å². The Morgan fingerprint density at radius 2 is 1.81 bits per heavy atom. The summed E-state index contributed by atoms with van der Waals surface area (Å²) in [6.45, 7) is 8.52. The predicted octanol–water partition coefficient (Wildman–Crippen LogP) is 4.15. The van der Waals surface area contributed by atoms with E-state index in [1.165, 1.54) is 39.9 Å². The van der Waals surface area contributed by atoms with Gasteiger partial charge in [-0.1, -0.05) is 29.8 Å². The number of nitrogens with zero attached hydrogens (tertiary/aromatic N) is 1. The molecule has 1 heterocycles. The van der Waals surface area contributed by atoms with E-state index < -0.39 is 0 Å². The van der Waals surface area contributed by atoms with Crippen LogP contribution in [0.15, 0.2) is 30.3 Å². The van der Waals surface area contributed by atoms with Crippen LogP contribution < -0.4 is 10.6 Å². The van der Waals surface area contributed by atoms with E-state index in [0.29, 0.717) is 0 Å². The second-order valence-corrected chi connectivity index (χ2v) is 6.24. The van der Waals surface area contributed by atoms with Crippen LogP contribution in [-0.2, 0) is 13.0 Å². The molecule has 0 bridgehead atoms. The number of nitrogen functional groups attached to an aromatic ring is 1. The minimum atomic E-state index is 0.964. The summed E-state index contributed by atoms with van der Waals surface area (Å²) >= 11 is 0. The Kier molecular flexibility index (Phi) is 3.62. The molecule has 0 unspecified atom stereocenters. The summed E-state index contributed by atoms with van der Waals surface area (Å²) < 4.78 is 0. The fourth-order valence-electron chi connectivity index (χ4n) is 3.26. The van der Waals surface area contributed by atoms with Crippen LogP contribution in [0.25, 0.3) is 0 Å². The molecule has 2 aromatic carbocycles. The number of benzene rings is 2. The van der Waals surface area contributed by atoms with Gasteiger partial charge in [-0.3, -0.25) is 0 Å². The fourth-order valence-corrected chi connectivity index (χ4v) is 3.26. The van der Waals surface area contributed by atoms with Crippen LogP contribution in [0.3, 0.4) is 0 Å². The lowest BCUT2D eigenvalue weighted by Crippen LogP contribution is -2.29. The number of rotatable bonds is 2. The van der Waals surface area contributed by atoms with Gasteiger partial charge in [0.15, 0.2) is 0 Å². The third-order valence-corrected chi connectivity index (χ3v) is 4.63. The summed E-state index contributed by atoms with van der Waals surface area (Å²) in [5.41, 5.74) is 15.2. The molecule has 1 aliphatic heterocycles. The Bertz CT molecular complexity index is 656. The van der Waals surface area contributed by atoms with Gasteiger partial charge in [0.25, 0.3) is 0 Å². The Morgan fingerprint density at radius 1 is 1.10 bits per heavy atom. The predicted molar refractivity (Wildman–Crippen MR) is 90.9 cm³/mol. The zero-order valence-corrected chi connectivity index (χ0v) is 13.2. The van der Waals surface area contributed by atoms with Gasteiger partial charge in [-0.15, -0.1) is 0 Å². The van der Waals surface area contributed by atoms with Crippen LogP contribution in [0, 0.1) is 20.8 Å². The number of hydrogen-bond donors (Lipinski definition) is 1. The van der Waals surface area contributed by atoms with E-state index in [0.717, 1.165) is 25.2 Å². The van der Waals surface area contributed by atoms with Crippen LogP contribution in [0.2, 0.25) is 0 Å². The number of aryl methyl sites for hydroxylation is 2. The Labute approximate surface area is 127 Å². The fraction of sp³-hybridized carbons (Fsp3) is 0.368. The van der Waals surface area contributed by atoms with Crippen LogP contribution in [0.4, 0.5) is 11.4 Å². The molecule has 0 saturated carbocycles. The summed E-state index contributed by atoms with van der Waals surface area (Å²) in [7, 11) is 0. The first-order valence-electron chi connectivity index (χ1n) is 7.75.